The highest BCUT2D eigenvalue weighted by atomic mass is 127. The Hall–Kier alpha value is -2.33. The molecule has 1 aliphatic carbocycles. The minimum Gasteiger partial charge on any atom is -0.493 e. The second kappa shape index (κ2) is 13.4. The van der Waals surface area contributed by atoms with Crippen molar-refractivity contribution in [1.29, 1.82) is 0 Å². The molecule has 0 radical (unpaired) electrons. The third-order valence-electron chi connectivity index (χ3n) is 5.19. The van der Waals surface area contributed by atoms with Crippen LogP contribution in [0.15, 0.2) is 47.5 Å². The van der Waals surface area contributed by atoms with Crippen LogP contribution in [0.25, 0.3) is 0 Å². The molecule has 3 rings (SSSR count). The molecule has 0 atom stereocenters. The summed E-state index contributed by atoms with van der Waals surface area (Å²) in [5.41, 5.74) is 4.15. The summed E-state index contributed by atoms with van der Waals surface area (Å²) < 4.78 is 6.07. The second-order valence-corrected chi connectivity index (χ2v) is 8.63. The van der Waals surface area contributed by atoms with E-state index in [1.165, 1.54) is 18.4 Å². The Bertz CT molecular complexity index is 944. The Labute approximate surface area is 214 Å². The highest BCUT2D eigenvalue weighted by molar-refractivity contribution is 14.0. The first kappa shape index (κ1) is 26.9. The van der Waals surface area contributed by atoms with E-state index in [-0.39, 0.29) is 29.9 Å². The molecule has 0 heterocycles. The van der Waals surface area contributed by atoms with E-state index in [1.807, 2.05) is 43.3 Å². The maximum Gasteiger partial charge on any atom is 0.238 e. The Kier molecular flexibility index (Phi) is 10.9. The molecule has 1 amide bonds. The number of aliphatic imine (C=N–C) groups is 1. The zero-order valence-electron chi connectivity index (χ0n) is 20.0. The molecule has 0 aromatic heterocycles. The van der Waals surface area contributed by atoms with Crippen molar-refractivity contribution in [3.63, 3.8) is 0 Å². The van der Waals surface area contributed by atoms with Crippen molar-refractivity contribution >= 4 is 41.5 Å². The lowest BCUT2D eigenvalue weighted by atomic mass is 10.1. The number of halogens is 1. The number of carbonyl (C=O) groups excluding carboxylic acids is 1. The lowest BCUT2D eigenvalue weighted by Crippen LogP contribution is -2.36. The number of hydrogen-bond donors (Lipinski definition) is 3. The molecule has 33 heavy (non-hydrogen) atoms. The number of aryl methyl sites for hydroxylation is 1. The van der Waals surface area contributed by atoms with Gasteiger partial charge in [-0.15, -0.1) is 24.0 Å². The monoisotopic (exact) mass is 565 g/mol. The Morgan fingerprint density at radius 3 is 2.58 bits per heavy atom. The van der Waals surface area contributed by atoms with Crippen molar-refractivity contribution in [2.45, 2.75) is 32.9 Å². The van der Waals surface area contributed by atoms with Crippen molar-refractivity contribution in [1.82, 2.24) is 15.5 Å². The second-order valence-electron chi connectivity index (χ2n) is 8.63. The van der Waals surface area contributed by atoms with Crippen LogP contribution in [0.5, 0.6) is 5.75 Å². The number of nitrogens with zero attached hydrogens (tertiary/aromatic N) is 2. The van der Waals surface area contributed by atoms with E-state index >= 15 is 0 Å². The fraction of sp³-hybridized carbons (Fsp3) is 0.440. The van der Waals surface area contributed by atoms with Gasteiger partial charge in [-0.2, -0.15) is 0 Å². The summed E-state index contributed by atoms with van der Waals surface area (Å²) in [7, 11) is 5.50. The summed E-state index contributed by atoms with van der Waals surface area (Å²) in [4.78, 5) is 18.2. The number of likely N-dealkylation sites (N-methyl/N-ethyl adjacent to an activating group) is 1. The summed E-state index contributed by atoms with van der Waals surface area (Å²) in [6.07, 6.45) is 2.55. The summed E-state index contributed by atoms with van der Waals surface area (Å²) >= 11 is 0. The molecule has 1 aliphatic rings. The van der Waals surface area contributed by atoms with Gasteiger partial charge in [0, 0.05) is 31.4 Å². The molecule has 2 aromatic carbocycles. The summed E-state index contributed by atoms with van der Waals surface area (Å²) in [5, 5.41) is 9.64. The van der Waals surface area contributed by atoms with Crippen molar-refractivity contribution in [2.24, 2.45) is 10.9 Å². The molecule has 7 nitrogen and oxygen atoms in total. The normalized spacial score (nSPS) is 13.3. The SMILES string of the molecule is CN=C(NCc1cccc(NC(=O)CN(C)C)c1)NCc1ccc(C)cc1OCC1CC1.I. The molecule has 1 saturated carbocycles. The Morgan fingerprint density at radius 2 is 1.88 bits per heavy atom. The number of benzene rings is 2. The van der Waals surface area contributed by atoms with Crippen LogP contribution >= 0.6 is 24.0 Å². The van der Waals surface area contributed by atoms with Crippen LogP contribution in [-0.2, 0) is 17.9 Å². The number of anilines is 1. The smallest absolute Gasteiger partial charge is 0.238 e. The van der Waals surface area contributed by atoms with Crippen LogP contribution in [0.2, 0.25) is 0 Å². The molecule has 1 fully saturated rings. The predicted molar refractivity (Wildman–Crippen MR) is 145 cm³/mol. The molecule has 180 valence electrons. The van der Waals surface area contributed by atoms with Gasteiger partial charge < -0.3 is 25.6 Å². The van der Waals surface area contributed by atoms with Crippen LogP contribution < -0.4 is 20.7 Å². The molecule has 0 aliphatic heterocycles. The maximum absolute atomic E-state index is 12.0. The van der Waals surface area contributed by atoms with Gasteiger partial charge in [0.2, 0.25) is 5.91 Å². The van der Waals surface area contributed by atoms with E-state index in [4.69, 9.17) is 4.74 Å². The minimum absolute atomic E-state index is 0. The third kappa shape index (κ3) is 9.59. The topological polar surface area (TPSA) is 78.0 Å². The highest BCUT2D eigenvalue weighted by Crippen LogP contribution is 2.30. The average Bonchev–Trinajstić information content (AvgIpc) is 3.57. The van der Waals surface area contributed by atoms with Crippen molar-refractivity contribution in [2.75, 3.05) is 39.6 Å². The van der Waals surface area contributed by atoms with Gasteiger partial charge in [0.25, 0.3) is 0 Å². The Morgan fingerprint density at radius 1 is 1.12 bits per heavy atom. The third-order valence-corrected chi connectivity index (χ3v) is 5.19. The van der Waals surface area contributed by atoms with Crippen LogP contribution in [0, 0.1) is 12.8 Å². The lowest BCUT2D eigenvalue weighted by molar-refractivity contribution is -0.116. The van der Waals surface area contributed by atoms with E-state index in [0.717, 1.165) is 29.2 Å². The summed E-state index contributed by atoms with van der Waals surface area (Å²) in [6, 6.07) is 14.1. The number of guanidine groups is 1. The van der Waals surface area contributed by atoms with Gasteiger partial charge in [0.1, 0.15) is 5.75 Å². The van der Waals surface area contributed by atoms with Gasteiger partial charge in [-0.3, -0.25) is 9.79 Å². The number of ether oxygens (including phenoxy) is 1. The zero-order valence-corrected chi connectivity index (χ0v) is 22.3. The molecule has 2 aromatic rings. The van der Waals surface area contributed by atoms with Gasteiger partial charge in [0.15, 0.2) is 5.96 Å². The van der Waals surface area contributed by atoms with Gasteiger partial charge in [-0.1, -0.05) is 24.3 Å². The molecular formula is C25H36IN5O2. The quantitative estimate of drug-likeness (QED) is 0.232. The summed E-state index contributed by atoms with van der Waals surface area (Å²) in [5.74, 6) is 2.34. The number of rotatable bonds is 10. The van der Waals surface area contributed by atoms with Crippen molar-refractivity contribution in [3.8, 4) is 5.75 Å². The number of amides is 1. The molecule has 0 saturated heterocycles. The van der Waals surface area contributed by atoms with E-state index in [2.05, 4.69) is 46.1 Å². The molecular weight excluding hydrogens is 529 g/mol. The molecule has 0 bridgehead atoms. The van der Waals surface area contributed by atoms with Gasteiger partial charge in [-0.25, -0.2) is 0 Å². The standard InChI is InChI=1S/C25H35N5O2.HI/c1-18-8-11-21(23(12-18)32-17-19-9-10-19)15-28-25(26-2)27-14-20-6-5-7-22(13-20)29-24(31)16-30(3)4;/h5-8,11-13,19H,9-10,14-17H2,1-4H3,(H,29,31)(H2,26,27,28);1H. The average molecular weight is 566 g/mol. The van der Waals surface area contributed by atoms with E-state index in [0.29, 0.717) is 31.5 Å². The molecule has 0 spiro atoms. The predicted octanol–water partition coefficient (Wildman–Crippen LogP) is 3.77. The minimum atomic E-state index is -0.0320. The van der Waals surface area contributed by atoms with Crippen LogP contribution in [0.3, 0.4) is 0 Å². The van der Waals surface area contributed by atoms with Gasteiger partial charge in [-0.05, 0) is 69.1 Å². The Balaban J connectivity index is 0.00000385. The molecule has 8 heteroatoms. The van der Waals surface area contributed by atoms with Crippen molar-refractivity contribution < 1.29 is 9.53 Å². The molecule has 3 N–H and O–H groups in total. The summed E-state index contributed by atoms with van der Waals surface area (Å²) in [6.45, 7) is 4.45. The fourth-order valence-electron chi connectivity index (χ4n) is 3.27. The lowest BCUT2D eigenvalue weighted by Gasteiger charge is -2.16. The zero-order chi connectivity index (χ0) is 22.9. The van der Waals surface area contributed by atoms with E-state index in [9.17, 15) is 4.79 Å². The number of nitrogens with one attached hydrogen (secondary N) is 3. The number of carbonyl (C=O) groups is 1. The highest BCUT2D eigenvalue weighted by Gasteiger charge is 2.22. The largest absolute Gasteiger partial charge is 0.493 e. The maximum atomic E-state index is 12.0. The fourth-order valence-corrected chi connectivity index (χ4v) is 3.27. The molecule has 0 unspecified atom stereocenters. The van der Waals surface area contributed by atoms with Crippen LogP contribution in [0.1, 0.15) is 29.5 Å². The number of hydrogen-bond acceptors (Lipinski definition) is 4. The van der Waals surface area contributed by atoms with Gasteiger partial charge in [0.05, 0.1) is 13.2 Å². The van der Waals surface area contributed by atoms with E-state index < -0.39 is 0 Å². The van der Waals surface area contributed by atoms with Crippen LogP contribution in [-0.4, -0.2) is 51.1 Å². The van der Waals surface area contributed by atoms with Crippen LogP contribution in [0.4, 0.5) is 5.69 Å². The first-order valence-corrected chi connectivity index (χ1v) is 11.1. The van der Waals surface area contributed by atoms with Gasteiger partial charge >= 0.3 is 0 Å². The first-order valence-electron chi connectivity index (χ1n) is 11.1. The first-order chi connectivity index (χ1) is 15.4. The van der Waals surface area contributed by atoms with Crippen molar-refractivity contribution in [3.05, 3.63) is 59.2 Å². The van der Waals surface area contributed by atoms with E-state index in [1.54, 1.807) is 7.05 Å².